The molecule has 2 nitrogen and oxygen atoms in total. The largest absolute Gasteiger partial charge is 0.302 e. The summed E-state index contributed by atoms with van der Waals surface area (Å²) < 4.78 is 0. The molecule has 0 aromatic heterocycles. The highest BCUT2D eigenvalue weighted by molar-refractivity contribution is 6.02. The van der Waals surface area contributed by atoms with Gasteiger partial charge in [0.1, 0.15) is 0 Å². The van der Waals surface area contributed by atoms with Gasteiger partial charge in [0.25, 0.3) is 0 Å². The highest BCUT2D eigenvalue weighted by atomic mass is 15.3. The lowest BCUT2D eigenvalue weighted by atomic mass is 9.86. The van der Waals surface area contributed by atoms with Crippen LogP contribution in [0.25, 0.3) is 11.1 Å². The number of nitrogens with one attached hydrogen (secondary N) is 1. The summed E-state index contributed by atoms with van der Waals surface area (Å²) in [5, 5.41) is 4.60. The Labute approximate surface area is 162 Å². The van der Waals surface area contributed by atoms with E-state index in [2.05, 4.69) is 104 Å². The third-order valence-corrected chi connectivity index (χ3v) is 5.26. The van der Waals surface area contributed by atoms with Crippen LogP contribution >= 0.6 is 0 Å². The first-order valence-electron chi connectivity index (χ1n) is 9.59. The molecule has 1 heterocycles. The van der Waals surface area contributed by atoms with Gasteiger partial charge in [-0.2, -0.15) is 5.10 Å². The van der Waals surface area contributed by atoms with Crippen molar-refractivity contribution < 1.29 is 0 Å². The molecule has 0 saturated heterocycles. The van der Waals surface area contributed by atoms with Gasteiger partial charge >= 0.3 is 0 Å². The summed E-state index contributed by atoms with van der Waals surface area (Å²) in [7, 11) is 0. The van der Waals surface area contributed by atoms with E-state index in [1.54, 1.807) is 0 Å². The fraction of sp³-hybridized carbons (Fsp3) is 0.240. The summed E-state index contributed by atoms with van der Waals surface area (Å²) in [6, 6.07) is 28.4. The molecule has 27 heavy (non-hydrogen) atoms. The van der Waals surface area contributed by atoms with Crippen molar-refractivity contribution >= 4 is 5.71 Å². The number of rotatable bonds is 3. The quantitative estimate of drug-likeness (QED) is 0.605. The monoisotopic (exact) mass is 354 g/mol. The molecule has 0 spiro atoms. The molecule has 2 heteroatoms. The lowest BCUT2D eigenvalue weighted by Crippen LogP contribution is -2.13. The third-order valence-electron chi connectivity index (χ3n) is 5.26. The van der Waals surface area contributed by atoms with Gasteiger partial charge in [-0.3, -0.25) is 0 Å². The van der Waals surface area contributed by atoms with E-state index in [1.165, 1.54) is 27.8 Å². The molecular weight excluding hydrogens is 328 g/mol. The summed E-state index contributed by atoms with van der Waals surface area (Å²) in [5.74, 6) is 0. The number of hydrogen-bond donors (Lipinski definition) is 1. The Balaban J connectivity index is 1.46. The summed E-state index contributed by atoms with van der Waals surface area (Å²) >= 11 is 0. The molecule has 0 fully saturated rings. The van der Waals surface area contributed by atoms with E-state index in [9.17, 15) is 0 Å². The first kappa shape index (κ1) is 17.5. The minimum absolute atomic E-state index is 0.184. The Morgan fingerprint density at radius 1 is 0.741 bits per heavy atom. The predicted octanol–water partition coefficient (Wildman–Crippen LogP) is 6.09. The van der Waals surface area contributed by atoms with E-state index in [4.69, 9.17) is 0 Å². The summed E-state index contributed by atoms with van der Waals surface area (Å²) in [5.41, 5.74) is 10.9. The molecule has 1 aliphatic heterocycles. The maximum atomic E-state index is 4.60. The summed E-state index contributed by atoms with van der Waals surface area (Å²) in [6.45, 7) is 6.74. The molecule has 1 atom stereocenters. The van der Waals surface area contributed by atoms with Gasteiger partial charge in [0, 0.05) is 6.42 Å². The van der Waals surface area contributed by atoms with E-state index in [0.717, 1.165) is 12.1 Å². The SMILES string of the molecule is CC(C)(C)c1ccc(C2CC(c3ccc(-c4ccccc4)cc3)=NN2)cc1. The third kappa shape index (κ3) is 3.80. The molecule has 0 saturated carbocycles. The van der Waals surface area contributed by atoms with Crippen molar-refractivity contribution in [3.63, 3.8) is 0 Å². The van der Waals surface area contributed by atoms with Gasteiger partial charge in [-0.15, -0.1) is 0 Å². The average Bonchev–Trinajstić information content (AvgIpc) is 3.18. The maximum absolute atomic E-state index is 4.60. The predicted molar refractivity (Wildman–Crippen MR) is 114 cm³/mol. The zero-order chi connectivity index (χ0) is 18.9. The Morgan fingerprint density at radius 3 is 1.96 bits per heavy atom. The first-order valence-corrected chi connectivity index (χ1v) is 9.59. The van der Waals surface area contributed by atoms with Crippen molar-refractivity contribution in [2.24, 2.45) is 5.10 Å². The van der Waals surface area contributed by atoms with Crippen LogP contribution in [-0.2, 0) is 5.41 Å². The number of hydrazone groups is 1. The van der Waals surface area contributed by atoms with Crippen molar-refractivity contribution in [3.05, 3.63) is 95.6 Å². The molecule has 1 N–H and O–H groups in total. The molecule has 136 valence electrons. The van der Waals surface area contributed by atoms with Gasteiger partial charge in [-0.25, -0.2) is 0 Å². The molecule has 0 radical (unpaired) electrons. The Hall–Kier alpha value is -2.87. The van der Waals surface area contributed by atoms with Gasteiger partial charge in [0.05, 0.1) is 11.8 Å². The van der Waals surface area contributed by atoms with Gasteiger partial charge in [-0.1, -0.05) is 99.6 Å². The normalized spacial score (nSPS) is 16.7. The fourth-order valence-electron chi connectivity index (χ4n) is 3.52. The van der Waals surface area contributed by atoms with Crippen LogP contribution in [0.3, 0.4) is 0 Å². The molecule has 0 amide bonds. The van der Waals surface area contributed by atoms with E-state index in [0.29, 0.717) is 0 Å². The maximum Gasteiger partial charge on any atom is 0.0745 e. The molecule has 3 aromatic rings. The minimum Gasteiger partial charge on any atom is -0.302 e. The van der Waals surface area contributed by atoms with Gasteiger partial charge < -0.3 is 5.43 Å². The van der Waals surface area contributed by atoms with Crippen LogP contribution in [0.4, 0.5) is 0 Å². The average molecular weight is 354 g/mol. The molecular formula is C25H26N2. The van der Waals surface area contributed by atoms with Gasteiger partial charge in [0.15, 0.2) is 0 Å². The smallest absolute Gasteiger partial charge is 0.0745 e. The first-order chi connectivity index (χ1) is 13.0. The second-order valence-corrected chi connectivity index (χ2v) is 8.26. The molecule has 1 unspecified atom stereocenters. The van der Waals surface area contributed by atoms with Crippen LogP contribution < -0.4 is 5.43 Å². The second-order valence-electron chi connectivity index (χ2n) is 8.26. The molecule has 4 rings (SSSR count). The van der Waals surface area contributed by atoms with Crippen molar-refractivity contribution in [1.29, 1.82) is 0 Å². The Bertz CT molecular complexity index is 930. The fourth-order valence-corrected chi connectivity index (χ4v) is 3.52. The number of hydrogen-bond acceptors (Lipinski definition) is 2. The molecule has 3 aromatic carbocycles. The summed E-state index contributed by atoms with van der Waals surface area (Å²) in [4.78, 5) is 0. The zero-order valence-electron chi connectivity index (χ0n) is 16.2. The van der Waals surface area contributed by atoms with Crippen LogP contribution in [0.1, 0.15) is 49.9 Å². The topological polar surface area (TPSA) is 24.4 Å². The van der Waals surface area contributed by atoms with Crippen LogP contribution in [0.2, 0.25) is 0 Å². The lowest BCUT2D eigenvalue weighted by molar-refractivity contribution is 0.586. The summed E-state index contributed by atoms with van der Waals surface area (Å²) in [6.07, 6.45) is 0.916. The van der Waals surface area contributed by atoms with Gasteiger partial charge in [0.2, 0.25) is 0 Å². The highest BCUT2D eigenvalue weighted by Gasteiger charge is 2.22. The van der Waals surface area contributed by atoms with E-state index < -0.39 is 0 Å². The minimum atomic E-state index is 0.184. The Morgan fingerprint density at radius 2 is 1.33 bits per heavy atom. The number of benzene rings is 3. The van der Waals surface area contributed by atoms with Crippen molar-refractivity contribution in [2.75, 3.05) is 0 Å². The lowest BCUT2D eigenvalue weighted by Gasteiger charge is -2.20. The zero-order valence-corrected chi connectivity index (χ0v) is 16.2. The van der Waals surface area contributed by atoms with Crippen LogP contribution in [0, 0.1) is 0 Å². The van der Waals surface area contributed by atoms with Crippen LogP contribution in [-0.4, -0.2) is 5.71 Å². The van der Waals surface area contributed by atoms with Gasteiger partial charge in [-0.05, 0) is 33.2 Å². The van der Waals surface area contributed by atoms with Crippen LogP contribution in [0.15, 0.2) is 84.0 Å². The van der Waals surface area contributed by atoms with Crippen LogP contribution in [0.5, 0.6) is 0 Å². The second kappa shape index (κ2) is 7.03. The Kier molecular flexibility index (Phi) is 4.57. The molecule has 0 bridgehead atoms. The molecule has 1 aliphatic rings. The van der Waals surface area contributed by atoms with E-state index >= 15 is 0 Å². The molecule has 0 aliphatic carbocycles. The standard InChI is InChI=1S/C25H26N2/c1-25(2,3)22-15-13-21(14-16-22)24-17-23(26-27-24)20-11-9-19(10-12-20)18-7-5-4-6-8-18/h4-16,24,27H,17H2,1-3H3. The number of nitrogens with zero attached hydrogens (tertiary/aromatic N) is 1. The van der Waals surface area contributed by atoms with Crippen molar-refractivity contribution in [1.82, 2.24) is 5.43 Å². The highest BCUT2D eigenvalue weighted by Crippen LogP contribution is 2.28. The van der Waals surface area contributed by atoms with Crippen molar-refractivity contribution in [3.8, 4) is 11.1 Å². The van der Waals surface area contributed by atoms with E-state index in [-0.39, 0.29) is 11.5 Å². The van der Waals surface area contributed by atoms with E-state index in [1.807, 2.05) is 6.07 Å². The van der Waals surface area contributed by atoms with Crippen molar-refractivity contribution in [2.45, 2.75) is 38.6 Å².